The smallest absolute Gasteiger partial charge is 0.192 e. The van der Waals surface area contributed by atoms with Crippen LogP contribution >= 0.6 is 11.8 Å². The van der Waals surface area contributed by atoms with Gasteiger partial charge in [0, 0.05) is 17.3 Å². The molecular weight excluding hydrogens is 272 g/mol. The van der Waals surface area contributed by atoms with Crippen LogP contribution in [0.5, 0.6) is 0 Å². The van der Waals surface area contributed by atoms with Gasteiger partial charge in [-0.1, -0.05) is 39.0 Å². The minimum Gasteiger partial charge on any atom is -0.416 e. The monoisotopic (exact) mass is 298 g/mol. The third-order valence-corrected chi connectivity index (χ3v) is 9.37. The molecule has 0 radical (unpaired) electrons. The van der Waals surface area contributed by atoms with Crippen LogP contribution in [0.4, 0.5) is 0 Å². The largest absolute Gasteiger partial charge is 0.416 e. The van der Waals surface area contributed by atoms with Crippen LogP contribution in [0, 0.1) is 0 Å². The van der Waals surface area contributed by atoms with Gasteiger partial charge in [0.2, 0.25) is 0 Å². The van der Waals surface area contributed by atoms with Crippen molar-refractivity contribution in [2.45, 2.75) is 50.4 Å². The van der Waals surface area contributed by atoms with Crippen molar-refractivity contribution in [1.29, 1.82) is 0 Å². The zero-order valence-electron chi connectivity index (χ0n) is 12.7. The fraction of sp³-hybridized carbons (Fsp3) is 0.600. The van der Waals surface area contributed by atoms with Crippen LogP contribution in [-0.2, 0) is 11.0 Å². The molecule has 0 amide bonds. The lowest BCUT2D eigenvalue weighted by molar-refractivity contribution is 0.279. The average Bonchev–Trinajstić information content (AvgIpc) is 2.33. The first-order valence-electron chi connectivity index (χ1n) is 6.73. The molecule has 1 aromatic rings. The molecule has 1 aromatic carbocycles. The van der Waals surface area contributed by atoms with E-state index < -0.39 is 8.32 Å². The van der Waals surface area contributed by atoms with Crippen LogP contribution in [0.15, 0.2) is 29.2 Å². The number of thioether (sulfide) groups is 1. The zero-order valence-corrected chi connectivity index (χ0v) is 14.5. The third-order valence-electron chi connectivity index (χ3n) is 3.75. The van der Waals surface area contributed by atoms with Gasteiger partial charge >= 0.3 is 0 Å². The number of hydrogen-bond acceptors (Lipinski definition) is 3. The molecule has 0 saturated carbocycles. The van der Waals surface area contributed by atoms with Crippen molar-refractivity contribution in [2.24, 2.45) is 0 Å². The standard InChI is InChI=1S/C15H26O2SSi/c1-15(2,3)19(4,5)17-10-11-18-14-9-7-6-8-13(14)12-16/h6-9,16H,10-12H2,1-5H3. The second kappa shape index (κ2) is 6.93. The van der Waals surface area contributed by atoms with Crippen LogP contribution < -0.4 is 0 Å². The highest BCUT2D eigenvalue weighted by Gasteiger charge is 2.36. The molecule has 0 aromatic heterocycles. The highest BCUT2D eigenvalue weighted by Crippen LogP contribution is 2.36. The molecule has 0 aliphatic heterocycles. The van der Waals surface area contributed by atoms with Crippen LogP contribution in [0.1, 0.15) is 26.3 Å². The van der Waals surface area contributed by atoms with E-state index in [1.807, 2.05) is 18.2 Å². The summed E-state index contributed by atoms with van der Waals surface area (Å²) in [5, 5.41) is 9.54. The van der Waals surface area contributed by atoms with Gasteiger partial charge in [-0.15, -0.1) is 11.8 Å². The van der Waals surface area contributed by atoms with E-state index in [9.17, 15) is 5.11 Å². The van der Waals surface area contributed by atoms with E-state index in [-0.39, 0.29) is 11.6 Å². The summed E-state index contributed by atoms with van der Waals surface area (Å²) in [5.74, 6) is 0.934. The first-order valence-corrected chi connectivity index (χ1v) is 10.6. The Morgan fingerprint density at radius 2 is 1.84 bits per heavy atom. The van der Waals surface area contributed by atoms with Crippen molar-refractivity contribution in [3.63, 3.8) is 0 Å². The summed E-state index contributed by atoms with van der Waals surface area (Å²) in [5.41, 5.74) is 1.000. The van der Waals surface area contributed by atoms with Crippen LogP contribution in [0.25, 0.3) is 0 Å². The SMILES string of the molecule is CC(C)(C)[Si](C)(C)OCCSc1ccccc1CO. The van der Waals surface area contributed by atoms with E-state index in [1.165, 1.54) is 0 Å². The van der Waals surface area contributed by atoms with Gasteiger partial charge in [-0.05, 0) is 29.8 Å². The summed E-state index contributed by atoms with van der Waals surface area (Å²) in [4.78, 5) is 1.16. The molecule has 0 aliphatic carbocycles. The number of benzene rings is 1. The Labute approximate surface area is 122 Å². The zero-order chi connectivity index (χ0) is 14.5. The van der Waals surface area contributed by atoms with Crippen LogP contribution in [0.2, 0.25) is 18.1 Å². The maximum atomic E-state index is 9.27. The van der Waals surface area contributed by atoms with Gasteiger partial charge in [-0.3, -0.25) is 0 Å². The van der Waals surface area contributed by atoms with Gasteiger partial charge in [0.05, 0.1) is 6.61 Å². The molecule has 4 heteroatoms. The quantitative estimate of drug-likeness (QED) is 0.482. The lowest BCUT2D eigenvalue weighted by atomic mass is 10.2. The highest BCUT2D eigenvalue weighted by molar-refractivity contribution is 7.99. The molecule has 0 bridgehead atoms. The highest BCUT2D eigenvalue weighted by atomic mass is 32.2. The second-order valence-corrected chi connectivity index (χ2v) is 12.2. The van der Waals surface area contributed by atoms with Crippen molar-refractivity contribution in [3.8, 4) is 0 Å². The Morgan fingerprint density at radius 3 is 2.42 bits per heavy atom. The Morgan fingerprint density at radius 1 is 1.21 bits per heavy atom. The van der Waals surface area contributed by atoms with E-state index >= 15 is 0 Å². The van der Waals surface area contributed by atoms with E-state index in [1.54, 1.807) is 11.8 Å². The molecular formula is C15H26O2SSi. The minimum atomic E-state index is -1.63. The van der Waals surface area contributed by atoms with Gasteiger partial charge in [-0.25, -0.2) is 0 Å². The Bertz CT molecular complexity index is 399. The Balaban J connectivity index is 2.43. The van der Waals surface area contributed by atoms with Gasteiger partial charge in [0.1, 0.15) is 0 Å². The predicted octanol–water partition coefficient (Wildman–Crippen LogP) is 4.29. The van der Waals surface area contributed by atoms with Crippen molar-refractivity contribution in [1.82, 2.24) is 0 Å². The average molecular weight is 299 g/mol. The van der Waals surface area contributed by atoms with Crippen LogP contribution in [-0.4, -0.2) is 25.8 Å². The van der Waals surface area contributed by atoms with Gasteiger partial charge in [0.25, 0.3) is 0 Å². The molecule has 0 fully saturated rings. The van der Waals surface area contributed by atoms with Gasteiger partial charge in [0.15, 0.2) is 8.32 Å². The van der Waals surface area contributed by atoms with E-state index in [0.717, 1.165) is 22.8 Å². The number of rotatable bonds is 6. The molecule has 0 saturated heterocycles. The molecule has 0 aliphatic rings. The molecule has 19 heavy (non-hydrogen) atoms. The normalized spacial score (nSPS) is 12.7. The molecule has 2 nitrogen and oxygen atoms in total. The first kappa shape index (κ1) is 16.8. The topological polar surface area (TPSA) is 29.5 Å². The predicted molar refractivity (Wildman–Crippen MR) is 86.2 cm³/mol. The number of hydrogen-bond donors (Lipinski definition) is 1. The van der Waals surface area contributed by atoms with Crippen LogP contribution in [0.3, 0.4) is 0 Å². The summed E-state index contributed by atoms with van der Waals surface area (Å²) < 4.78 is 6.14. The maximum Gasteiger partial charge on any atom is 0.192 e. The molecule has 0 atom stereocenters. The summed E-state index contributed by atoms with van der Waals surface area (Å²) in [6, 6.07) is 8.00. The van der Waals surface area contributed by atoms with Crippen molar-refractivity contribution in [2.75, 3.05) is 12.4 Å². The first-order chi connectivity index (χ1) is 8.78. The van der Waals surface area contributed by atoms with E-state index in [2.05, 4.69) is 39.9 Å². The summed E-state index contributed by atoms with van der Waals surface area (Å²) in [6.07, 6.45) is 0. The molecule has 1 N–H and O–H groups in total. The number of aliphatic hydroxyl groups is 1. The summed E-state index contributed by atoms with van der Waals surface area (Å²) >= 11 is 1.76. The van der Waals surface area contributed by atoms with Crippen molar-refractivity contribution < 1.29 is 9.53 Å². The Hall–Kier alpha value is -0.293. The van der Waals surface area contributed by atoms with Gasteiger partial charge < -0.3 is 9.53 Å². The molecule has 0 heterocycles. The van der Waals surface area contributed by atoms with E-state index in [0.29, 0.717) is 0 Å². The lowest BCUT2D eigenvalue weighted by Gasteiger charge is -2.36. The lowest BCUT2D eigenvalue weighted by Crippen LogP contribution is -2.41. The minimum absolute atomic E-state index is 0.103. The van der Waals surface area contributed by atoms with Crippen molar-refractivity contribution in [3.05, 3.63) is 29.8 Å². The molecule has 0 unspecified atom stereocenters. The fourth-order valence-corrected chi connectivity index (χ4v) is 3.51. The molecule has 108 valence electrons. The maximum absolute atomic E-state index is 9.27. The summed E-state index contributed by atoms with van der Waals surface area (Å²) in [6.45, 7) is 12.2. The number of aliphatic hydroxyl groups excluding tert-OH is 1. The van der Waals surface area contributed by atoms with Gasteiger partial charge in [-0.2, -0.15) is 0 Å². The Kier molecular flexibility index (Phi) is 6.11. The summed E-state index contributed by atoms with van der Waals surface area (Å²) in [7, 11) is -1.63. The second-order valence-electron chi connectivity index (χ2n) is 6.22. The van der Waals surface area contributed by atoms with Crippen molar-refractivity contribution >= 4 is 20.1 Å². The van der Waals surface area contributed by atoms with E-state index in [4.69, 9.17) is 4.43 Å². The molecule has 0 spiro atoms. The fourth-order valence-electron chi connectivity index (χ4n) is 1.44. The molecule has 1 rings (SSSR count). The third kappa shape index (κ3) is 4.95.